The van der Waals surface area contributed by atoms with E-state index >= 15 is 0 Å². The normalized spacial score (nSPS) is 22.8. The van der Waals surface area contributed by atoms with E-state index in [4.69, 9.17) is 11.6 Å². The van der Waals surface area contributed by atoms with E-state index in [0.29, 0.717) is 6.07 Å². The minimum Gasteiger partial charge on any atom is -0.328 e. The topological polar surface area (TPSA) is 75.2 Å². The number of amides is 2. The molecule has 30 heavy (non-hydrogen) atoms. The van der Waals surface area contributed by atoms with Crippen LogP contribution in [0.3, 0.4) is 0 Å². The van der Waals surface area contributed by atoms with Gasteiger partial charge in [-0.1, -0.05) is 11.6 Å². The summed E-state index contributed by atoms with van der Waals surface area (Å²) in [5, 5.41) is 2.57. The van der Waals surface area contributed by atoms with Gasteiger partial charge in [-0.05, 0) is 18.6 Å². The van der Waals surface area contributed by atoms with Gasteiger partial charge < -0.3 is 4.90 Å². The first-order chi connectivity index (χ1) is 14.0. The Morgan fingerprint density at radius 2 is 1.93 bits per heavy atom. The molecule has 0 radical (unpaired) electrons. The van der Waals surface area contributed by atoms with Crippen molar-refractivity contribution < 1.29 is 31.5 Å². The van der Waals surface area contributed by atoms with E-state index in [1.165, 1.54) is 12.4 Å². The largest absolute Gasteiger partial charge is 0.419 e. The molecule has 1 spiro atoms. The van der Waals surface area contributed by atoms with Crippen LogP contribution in [0.2, 0.25) is 5.02 Å². The van der Waals surface area contributed by atoms with Gasteiger partial charge in [0, 0.05) is 17.7 Å². The molecule has 1 fully saturated rings. The van der Waals surface area contributed by atoms with Gasteiger partial charge in [0.25, 0.3) is 5.91 Å². The quantitative estimate of drug-likeness (QED) is 0.734. The molecule has 0 saturated heterocycles. The first-order valence-electron chi connectivity index (χ1n) is 8.64. The highest BCUT2D eigenvalue weighted by molar-refractivity contribution is 6.30. The zero-order valence-electron chi connectivity index (χ0n) is 14.9. The van der Waals surface area contributed by atoms with Crippen LogP contribution in [-0.4, -0.2) is 45.9 Å². The first kappa shape index (κ1) is 20.5. The second kappa shape index (κ2) is 6.86. The predicted molar refractivity (Wildman–Crippen MR) is 94.2 cm³/mol. The molecule has 1 aliphatic heterocycles. The van der Waals surface area contributed by atoms with Gasteiger partial charge in [-0.2, -0.15) is 13.2 Å². The molecule has 2 atom stereocenters. The zero-order valence-corrected chi connectivity index (χ0v) is 15.7. The van der Waals surface area contributed by atoms with Gasteiger partial charge in [-0.25, -0.2) is 18.7 Å². The Kier molecular flexibility index (Phi) is 4.68. The molecule has 6 nitrogen and oxygen atoms in total. The maximum absolute atomic E-state index is 14.7. The summed E-state index contributed by atoms with van der Waals surface area (Å²) in [6, 6.07) is 1.27. The number of carbonyl (C=O) groups excluding carboxylic acids is 2. The fourth-order valence-electron chi connectivity index (χ4n) is 3.65. The highest BCUT2D eigenvalue weighted by Gasteiger charge is 2.63. The summed E-state index contributed by atoms with van der Waals surface area (Å²) in [6.45, 7) is -0.964. The van der Waals surface area contributed by atoms with Crippen LogP contribution in [0, 0.1) is 5.82 Å². The van der Waals surface area contributed by atoms with Gasteiger partial charge in [-0.3, -0.25) is 14.9 Å². The highest BCUT2D eigenvalue weighted by Crippen LogP contribution is 2.56. The molecule has 158 valence electrons. The standard InChI is InChI=1S/C18H12ClF5N4O2/c19-8-4-25-16(26-5-8)27-12(29)6-28-7-17(3-11(17)20)13-9(15(28)30)1-2-10(14(13)21)18(22,23)24/h1-2,4-5,11H,3,6-7H2,(H,25,26,27,29)/t11-,17-/m0/s1. The number of alkyl halides is 4. The van der Waals surface area contributed by atoms with Crippen LogP contribution in [0.15, 0.2) is 24.5 Å². The van der Waals surface area contributed by atoms with Gasteiger partial charge in [0.05, 0.1) is 28.4 Å². The number of fused-ring (bicyclic) bond motifs is 2. The lowest BCUT2D eigenvalue weighted by Gasteiger charge is -2.35. The van der Waals surface area contributed by atoms with E-state index in [0.717, 1.165) is 11.0 Å². The van der Waals surface area contributed by atoms with E-state index in [-0.39, 0.29) is 23.0 Å². The Balaban J connectivity index is 1.62. The number of hydrogen-bond donors (Lipinski definition) is 1. The van der Waals surface area contributed by atoms with Crippen LogP contribution in [0.4, 0.5) is 27.9 Å². The van der Waals surface area contributed by atoms with Crippen LogP contribution < -0.4 is 5.32 Å². The number of benzene rings is 1. The summed E-state index contributed by atoms with van der Waals surface area (Å²) >= 11 is 5.65. The monoisotopic (exact) mass is 446 g/mol. The molecular weight excluding hydrogens is 435 g/mol. The van der Waals surface area contributed by atoms with Gasteiger partial charge in [-0.15, -0.1) is 0 Å². The number of hydrogen-bond acceptors (Lipinski definition) is 4. The minimum absolute atomic E-state index is 0.0837. The van der Waals surface area contributed by atoms with E-state index < -0.39 is 59.6 Å². The second-order valence-corrected chi connectivity index (χ2v) is 7.55. The number of anilines is 1. The molecule has 1 aromatic carbocycles. The number of aromatic nitrogens is 2. The summed E-state index contributed by atoms with van der Waals surface area (Å²) in [6.07, 6.45) is -4.39. The lowest BCUT2D eigenvalue weighted by atomic mass is 9.84. The van der Waals surface area contributed by atoms with Crippen LogP contribution in [0.25, 0.3) is 0 Å². The Morgan fingerprint density at radius 3 is 2.50 bits per heavy atom. The molecule has 2 aromatic rings. The molecule has 0 unspecified atom stereocenters. The average Bonchev–Trinajstić information content (AvgIpc) is 3.29. The summed E-state index contributed by atoms with van der Waals surface area (Å²) in [5.41, 5.74) is -4.13. The second-order valence-electron chi connectivity index (χ2n) is 7.11. The summed E-state index contributed by atoms with van der Waals surface area (Å²) in [7, 11) is 0. The van der Waals surface area contributed by atoms with E-state index in [1.807, 2.05) is 0 Å². The van der Waals surface area contributed by atoms with Crippen LogP contribution in [0.5, 0.6) is 0 Å². The maximum Gasteiger partial charge on any atom is 0.419 e. The Hall–Kier alpha value is -2.82. The van der Waals surface area contributed by atoms with Crippen molar-refractivity contribution in [3.8, 4) is 0 Å². The van der Waals surface area contributed by atoms with Gasteiger partial charge in [0.1, 0.15) is 18.5 Å². The third kappa shape index (κ3) is 3.36. The van der Waals surface area contributed by atoms with Crippen molar-refractivity contribution in [3.63, 3.8) is 0 Å². The Bertz CT molecular complexity index is 1050. The van der Waals surface area contributed by atoms with Crippen LogP contribution in [-0.2, 0) is 16.4 Å². The van der Waals surface area contributed by atoms with Gasteiger partial charge >= 0.3 is 6.18 Å². The van der Waals surface area contributed by atoms with Crippen LogP contribution >= 0.6 is 11.6 Å². The summed E-state index contributed by atoms with van der Waals surface area (Å²) < 4.78 is 68.1. The maximum atomic E-state index is 14.7. The number of halogens is 6. The molecule has 1 N–H and O–H groups in total. The molecule has 1 aromatic heterocycles. The number of nitrogens with one attached hydrogen (secondary N) is 1. The molecule has 2 aliphatic rings. The number of nitrogens with zero attached hydrogens (tertiary/aromatic N) is 3. The molecule has 2 amide bonds. The first-order valence-corrected chi connectivity index (χ1v) is 9.01. The molecule has 2 heterocycles. The van der Waals surface area contributed by atoms with Crippen molar-refractivity contribution >= 4 is 29.4 Å². The highest BCUT2D eigenvalue weighted by atomic mass is 35.5. The van der Waals surface area contributed by atoms with Crippen molar-refractivity contribution in [2.24, 2.45) is 0 Å². The smallest absolute Gasteiger partial charge is 0.328 e. The number of carbonyl (C=O) groups is 2. The van der Waals surface area contributed by atoms with Crippen molar-refractivity contribution in [3.05, 3.63) is 52.1 Å². The minimum atomic E-state index is -4.99. The zero-order chi connectivity index (χ0) is 21.8. The third-order valence-corrected chi connectivity index (χ3v) is 5.32. The van der Waals surface area contributed by atoms with Crippen LogP contribution in [0.1, 0.15) is 27.9 Å². The Morgan fingerprint density at radius 1 is 1.30 bits per heavy atom. The molecule has 12 heteroatoms. The SMILES string of the molecule is O=C(CN1C[C@]2(C[C@@H]2F)c2c(ccc(C(F)(F)F)c2F)C1=O)Nc1ncc(Cl)cn1. The van der Waals surface area contributed by atoms with E-state index in [2.05, 4.69) is 15.3 Å². The fraction of sp³-hybridized carbons (Fsp3) is 0.333. The van der Waals surface area contributed by atoms with Gasteiger partial charge in [0.15, 0.2) is 0 Å². The molecule has 1 saturated carbocycles. The fourth-order valence-corrected chi connectivity index (χ4v) is 3.74. The third-order valence-electron chi connectivity index (χ3n) is 5.12. The molecule has 4 rings (SSSR count). The van der Waals surface area contributed by atoms with Crippen molar-refractivity contribution in [1.29, 1.82) is 0 Å². The number of rotatable bonds is 3. The van der Waals surface area contributed by atoms with Crippen molar-refractivity contribution in [1.82, 2.24) is 14.9 Å². The van der Waals surface area contributed by atoms with E-state index in [9.17, 15) is 31.5 Å². The predicted octanol–water partition coefficient (Wildman–Crippen LogP) is 3.36. The molecule has 0 bridgehead atoms. The molecular formula is C18H12ClF5N4O2. The van der Waals surface area contributed by atoms with Gasteiger partial charge in [0.2, 0.25) is 11.9 Å². The van der Waals surface area contributed by atoms with E-state index in [1.54, 1.807) is 0 Å². The van der Waals surface area contributed by atoms with Crippen molar-refractivity contribution in [2.75, 3.05) is 18.4 Å². The lowest BCUT2D eigenvalue weighted by molar-refractivity contribution is -0.140. The lowest BCUT2D eigenvalue weighted by Crippen LogP contribution is -2.48. The summed E-state index contributed by atoms with van der Waals surface area (Å²) in [4.78, 5) is 33.5. The Labute approximate surface area is 171 Å². The summed E-state index contributed by atoms with van der Waals surface area (Å²) in [5.74, 6) is -3.31. The average molecular weight is 447 g/mol. The van der Waals surface area contributed by atoms with Crippen molar-refractivity contribution in [2.45, 2.75) is 24.2 Å². The molecule has 1 aliphatic carbocycles.